The molecule has 102 valence electrons. The van der Waals surface area contributed by atoms with Crippen LogP contribution in [0.1, 0.15) is 44.9 Å². The molecule has 18 heavy (non-hydrogen) atoms. The predicted molar refractivity (Wildman–Crippen MR) is 72.5 cm³/mol. The molecule has 0 radical (unpaired) electrons. The zero-order valence-corrected chi connectivity index (χ0v) is 11.5. The lowest BCUT2D eigenvalue weighted by molar-refractivity contribution is -0.00472. The van der Waals surface area contributed by atoms with Crippen LogP contribution in [0.25, 0.3) is 0 Å². The van der Waals surface area contributed by atoms with Crippen LogP contribution in [0.2, 0.25) is 0 Å². The minimum atomic E-state index is -0.551. The largest absolute Gasteiger partial charge is 0.389 e. The normalized spacial score (nSPS) is 28.5. The fraction of sp³-hybridized carbons (Fsp3) is 0.786. The number of nitrogens with zero attached hydrogens (tertiary/aromatic N) is 2. The van der Waals surface area contributed by atoms with Crippen LogP contribution >= 0.6 is 0 Å². The molecule has 0 amide bonds. The smallest absolute Gasteiger partial charge is 0.111 e. The molecule has 1 aliphatic rings. The van der Waals surface area contributed by atoms with Crippen LogP contribution in [0.5, 0.6) is 0 Å². The van der Waals surface area contributed by atoms with Gasteiger partial charge in [0.25, 0.3) is 0 Å². The maximum atomic E-state index is 10.7. The molecule has 4 heteroatoms. The highest BCUT2D eigenvalue weighted by Gasteiger charge is 2.33. The first-order valence-corrected chi connectivity index (χ1v) is 7.06. The Morgan fingerprint density at radius 1 is 1.50 bits per heavy atom. The van der Waals surface area contributed by atoms with E-state index in [1.54, 1.807) is 0 Å². The summed E-state index contributed by atoms with van der Waals surface area (Å²) in [4.78, 5) is 4.40. The monoisotopic (exact) mass is 251 g/mol. The van der Waals surface area contributed by atoms with Gasteiger partial charge >= 0.3 is 0 Å². The average Bonchev–Trinajstić information content (AvgIpc) is 2.78. The highest BCUT2D eigenvalue weighted by Crippen LogP contribution is 2.31. The zero-order valence-electron chi connectivity index (χ0n) is 11.5. The first-order valence-electron chi connectivity index (χ1n) is 7.06. The van der Waals surface area contributed by atoms with Gasteiger partial charge in [0.1, 0.15) is 5.82 Å². The van der Waals surface area contributed by atoms with Crippen LogP contribution in [-0.2, 0) is 13.0 Å². The number of hydrogen-bond donors (Lipinski definition) is 2. The number of imidazole rings is 1. The van der Waals surface area contributed by atoms with Crippen LogP contribution in [0.4, 0.5) is 0 Å². The van der Waals surface area contributed by atoms with Gasteiger partial charge in [-0.05, 0) is 39.2 Å². The van der Waals surface area contributed by atoms with Gasteiger partial charge in [-0.25, -0.2) is 4.98 Å². The van der Waals surface area contributed by atoms with Gasteiger partial charge in [-0.2, -0.15) is 0 Å². The van der Waals surface area contributed by atoms with Crippen molar-refractivity contribution in [3.05, 3.63) is 18.2 Å². The third-order valence-corrected chi connectivity index (χ3v) is 4.08. The lowest BCUT2D eigenvalue weighted by Gasteiger charge is -2.35. The highest BCUT2D eigenvalue weighted by atomic mass is 16.3. The van der Waals surface area contributed by atoms with E-state index in [1.165, 1.54) is 0 Å². The quantitative estimate of drug-likeness (QED) is 0.838. The highest BCUT2D eigenvalue weighted by molar-refractivity contribution is 5.01. The van der Waals surface area contributed by atoms with E-state index >= 15 is 0 Å². The summed E-state index contributed by atoms with van der Waals surface area (Å²) in [6, 6.07) is 0.570. The lowest BCUT2D eigenvalue weighted by atomic mass is 9.80. The van der Waals surface area contributed by atoms with E-state index < -0.39 is 5.60 Å². The first-order chi connectivity index (χ1) is 8.67. The number of hydrogen-bond acceptors (Lipinski definition) is 3. The van der Waals surface area contributed by atoms with Crippen molar-refractivity contribution in [3.8, 4) is 0 Å². The second-order valence-corrected chi connectivity index (χ2v) is 5.50. The summed E-state index contributed by atoms with van der Waals surface area (Å²) < 4.78 is 2.17. The topological polar surface area (TPSA) is 50.1 Å². The summed E-state index contributed by atoms with van der Waals surface area (Å²) in [5, 5.41) is 14.0. The van der Waals surface area contributed by atoms with Crippen LogP contribution in [0.3, 0.4) is 0 Å². The molecule has 0 spiro atoms. The molecule has 0 unspecified atom stereocenters. The van der Waals surface area contributed by atoms with Crippen molar-refractivity contribution in [2.45, 2.75) is 63.6 Å². The van der Waals surface area contributed by atoms with Crippen molar-refractivity contribution in [2.75, 3.05) is 7.05 Å². The van der Waals surface area contributed by atoms with Gasteiger partial charge in [0.15, 0.2) is 0 Å². The van der Waals surface area contributed by atoms with Gasteiger partial charge in [-0.1, -0.05) is 6.92 Å². The maximum Gasteiger partial charge on any atom is 0.111 e. The minimum absolute atomic E-state index is 0.551. The van der Waals surface area contributed by atoms with Crippen molar-refractivity contribution in [1.29, 1.82) is 0 Å². The number of aryl methyl sites for hydroxylation is 1. The first kappa shape index (κ1) is 13.6. The van der Waals surface area contributed by atoms with E-state index in [4.69, 9.17) is 0 Å². The molecule has 0 aliphatic heterocycles. The van der Waals surface area contributed by atoms with Gasteiger partial charge < -0.3 is 15.0 Å². The summed E-state index contributed by atoms with van der Waals surface area (Å²) in [5.41, 5.74) is -0.551. The van der Waals surface area contributed by atoms with Gasteiger partial charge in [-0.15, -0.1) is 0 Å². The van der Waals surface area contributed by atoms with E-state index in [0.29, 0.717) is 12.5 Å². The Morgan fingerprint density at radius 2 is 2.22 bits per heavy atom. The van der Waals surface area contributed by atoms with Crippen molar-refractivity contribution in [1.82, 2.24) is 14.9 Å². The van der Waals surface area contributed by atoms with E-state index in [0.717, 1.165) is 44.5 Å². The molecule has 1 fully saturated rings. The fourth-order valence-electron chi connectivity index (χ4n) is 2.87. The van der Waals surface area contributed by atoms with E-state index in [-0.39, 0.29) is 0 Å². The second kappa shape index (κ2) is 5.85. The van der Waals surface area contributed by atoms with Crippen LogP contribution in [-0.4, -0.2) is 33.3 Å². The molecule has 0 bridgehead atoms. The van der Waals surface area contributed by atoms with Gasteiger partial charge in [-0.3, -0.25) is 0 Å². The van der Waals surface area contributed by atoms with Gasteiger partial charge in [0, 0.05) is 31.4 Å². The van der Waals surface area contributed by atoms with Crippen LogP contribution in [0.15, 0.2) is 12.4 Å². The minimum Gasteiger partial charge on any atom is -0.389 e. The summed E-state index contributed by atoms with van der Waals surface area (Å²) in [6.45, 7) is 3.15. The van der Waals surface area contributed by atoms with Crippen molar-refractivity contribution < 1.29 is 5.11 Å². The molecule has 2 rings (SSSR count). The Bertz CT molecular complexity index is 367. The average molecular weight is 251 g/mol. The Kier molecular flexibility index (Phi) is 4.40. The molecule has 0 aromatic carbocycles. The molecule has 1 aromatic rings. The van der Waals surface area contributed by atoms with Crippen LogP contribution in [0, 0.1) is 0 Å². The second-order valence-electron chi connectivity index (χ2n) is 5.50. The molecule has 0 saturated heterocycles. The summed E-state index contributed by atoms with van der Waals surface area (Å²) in [7, 11) is 2.00. The number of aliphatic hydroxyl groups is 1. The predicted octanol–water partition coefficient (Wildman–Crippen LogP) is 1.73. The maximum absolute atomic E-state index is 10.7. The van der Waals surface area contributed by atoms with E-state index in [9.17, 15) is 5.11 Å². The van der Waals surface area contributed by atoms with E-state index in [2.05, 4.69) is 21.8 Å². The van der Waals surface area contributed by atoms with Gasteiger partial charge in [0.2, 0.25) is 0 Å². The number of nitrogens with one attached hydrogen (secondary N) is 1. The van der Waals surface area contributed by atoms with Crippen LogP contribution < -0.4 is 5.32 Å². The third-order valence-electron chi connectivity index (χ3n) is 4.08. The molecule has 4 nitrogen and oxygen atoms in total. The van der Waals surface area contributed by atoms with Gasteiger partial charge in [0.05, 0.1) is 5.60 Å². The third kappa shape index (κ3) is 3.12. The number of rotatable bonds is 5. The Hall–Kier alpha value is -0.870. The Morgan fingerprint density at radius 3 is 2.83 bits per heavy atom. The SMILES string of the molecule is CCCn1ccnc1CC1(O)CCC(NC)CC1. The fourth-order valence-corrected chi connectivity index (χ4v) is 2.87. The molecule has 2 N–H and O–H groups in total. The lowest BCUT2D eigenvalue weighted by Crippen LogP contribution is -2.42. The Labute approximate surface area is 109 Å². The zero-order chi connectivity index (χ0) is 13.0. The summed E-state index contributed by atoms with van der Waals surface area (Å²) in [6.07, 6.45) is 9.51. The molecule has 0 atom stereocenters. The number of aromatic nitrogens is 2. The van der Waals surface area contributed by atoms with Crippen molar-refractivity contribution in [2.24, 2.45) is 0 Å². The molecule has 1 aliphatic carbocycles. The standard InChI is InChI=1S/C14H25N3O/c1-3-9-17-10-8-16-13(17)11-14(18)6-4-12(15-2)5-7-14/h8,10,12,15,18H,3-7,9,11H2,1-2H3. The molecule has 1 saturated carbocycles. The van der Waals surface area contributed by atoms with E-state index in [1.807, 2.05) is 19.4 Å². The molecule has 1 aromatic heterocycles. The van der Waals surface area contributed by atoms with Crippen molar-refractivity contribution in [3.63, 3.8) is 0 Å². The Balaban J connectivity index is 1.98. The van der Waals surface area contributed by atoms with Crippen molar-refractivity contribution >= 4 is 0 Å². The summed E-state index contributed by atoms with van der Waals surface area (Å²) in [5.74, 6) is 1.03. The molecular formula is C14H25N3O. The molecular weight excluding hydrogens is 226 g/mol. The molecule has 1 heterocycles. The summed E-state index contributed by atoms with van der Waals surface area (Å²) >= 11 is 0.